The number of para-hydroxylation sites is 2. The van der Waals surface area contributed by atoms with E-state index in [0.29, 0.717) is 29.9 Å². The molecule has 37 heavy (non-hydrogen) atoms. The first-order chi connectivity index (χ1) is 17.7. The number of nitrogens with one attached hydrogen (secondary N) is 2. The number of hydrogen-bond donors (Lipinski definition) is 2. The average Bonchev–Trinajstić information content (AvgIpc) is 2.91. The van der Waals surface area contributed by atoms with Crippen LogP contribution in [-0.2, 0) is 24.8 Å². The highest BCUT2D eigenvalue weighted by Gasteiger charge is 2.29. The van der Waals surface area contributed by atoms with Gasteiger partial charge in [-0.1, -0.05) is 41.9 Å². The van der Waals surface area contributed by atoms with Crippen LogP contribution in [-0.4, -0.2) is 57.4 Å². The van der Waals surface area contributed by atoms with E-state index in [1.807, 2.05) is 0 Å². The Kier molecular flexibility index (Phi) is 7.01. The molecule has 2 N–H and O–H groups in total. The lowest BCUT2D eigenvalue weighted by molar-refractivity contribution is 0.0730. The Morgan fingerprint density at radius 3 is 2.11 bits per heavy atom. The largest absolute Gasteiger partial charge is 0.379 e. The molecule has 0 bridgehead atoms. The molecule has 5 rings (SSSR count). The molecular formula is C24H22ClN5O5S2. The lowest BCUT2D eigenvalue weighted by atomic mass is 10.3. The number of sulfonamides is 2. The van der Waals surface area contributed by atoms with E-state index < -0.39 is 20.0 Å². The van der Waals surface area contributed by atoms with Gasteiger partial charge in [-0.2, -0.15) is 4.31 Å². The third-order valence-electron chi connectivity index (χ3n) is 5.64. The van der Waals surface area contributed by atoms with Crippen molar-refractivity contribution >= 4 is 60.0 Å². The summed E-state index contributed by atoms with van der Waals surface area (Å²) >= 11 is 6.28. The van der Waals surface area contributed by atoms with Crippen LogP contribution >= 0.6 is 11.6 Å². The van der Waals surface area contributed by atoms with Gasteiger partial charge < -0.3 is 10.1 Å². The molecule has 10 nitrogen and oxygen atoms in total. The standard InChI is InChI=1S/C24H22ClN5O5S2/c25-19-11-10-17(16-22(19)37(33,34)30-12-14-35-15-13-30)26-23-24(28-21-9-5-4-8-20(21)27-23)29-36(31,32)18-6-2-1-3-7-18/h1-11,16H,12-15H2,(H,26,27)(H,28,29). The zero-order valence-corrected chi connectivity index (χ0v) is 21.7. The number of benzene rings is 3. The molecule has 0 aliphatic carbocycles. The van der Waals surface area contributed by atoms with Gasteiger partial charge in [-0.05, 0) is 42.5 Å². The van der Waals surface area contributed by atoms with Gasteiger partial charge in [0.15, 0.2) is 11.6 Å². The van der Waals surface area contributed by atoms with E-state index in [1.165, 1.54) is 28.6 Å². The summed E-state index contributed by atoms with van der Waals surface area (Å²) in [5, 5.41) is 3.08. The first kappa shape index (κ1) is 25.4. The molecule has 1 aromatic heterocycles. The molecule has 0 amide bonds. The third kappa shape index (κ3) is 5.38. The molecule has 0 spiro atoms. The molecule has 0 radical (unpaired) electrons. The minimum Gasteiger partial charge on any atom is -0.379 e. The summed E-state index contributed by atoms with van der Waals surface area (Å²) in [4.78, 5) is 8.98. The number of anilines is 3. The Morgan fingerprint density at radius 1 is 0.811 bits per heavy atom. The number of fused-ring (bicyclic) bond motifs is 1. The highest BCUT2D eigenvalue weighted by molar-refractivity contribution is 7.92. The maximum absolute atomic E-state index is 13.2. The van der Waals surface area contributed by atoms with Gasteiger partial charge in [-0.25, -0.2) is 26.8 Å². The Bertz CT molecular complexity index is 1660. The van der Waals surface area contributed by atoms with Crippen molar-refractivity contribution < 1.29 is 21.6 Å². The number of rotatable bonds is 7. The van der Waals surface area contributed by atoms with Crippen molar-refractivity contribution in [3.05, 3.63) is 77.8 Å². The van der Waals surface area contributed by atoms with Crippen molar-refractivity contribution in [2.45, 2.75) is 9.79 Å². The number of hydrogen-bond acceptors (Lipinski definition) is 8. The highest BCUT2D eigenvalue weighted by Crippen LogP contribution is 2.32. The Balaban J connectivity index is 1.54. The minimum atomic E-state index is -3.98. The molecule has 0 atom stereocenters. The molecule has 1 fully saturated rings. The molecule has 192 valence electrons. The van der Waals surface area contributed by atoms with E-state index >= 15 is 0 Å². The smallest absolute Gasteiger partial charge is 0.263 e. The second-order valence-electron chi connectivity index (χ2n) is 8.11. The van der Waals surface area contributed by atoms with Crippen LogP contribution < -0.4 is 10.0 Å². The second-order valence-corrected chi connectivity index (χ2v) is 12.1. The molecule has 4 aromatic rings. The SMILES string of the molecule is O=S(=O)(Nc1nc2ccccc2nc1Nc1ccc(Cl)c(S(=O)(=O)N2CCOCC2)c1)c1ccccc1. The van der Waals surface area contributed by atoms with Crippen molar-refractivity contribution in [3.63, 3.8) is 0 Å². The normalized spacial score (nSPS) is 14.9. The average molecular weight is 560 g/mol. The van der Waals surface area contributed by atoms with Gasteiger partial charge in [0.05, 0.1) is 34.2 Å². The Labute approximate surface area is 219 Å². The summed E-state index contributed by atoms with van der Waals surface area (Å²) in [6, 6.07) is 19.3. The van der Waals surface area contributed by atoms with Crippen molar-refractivity contribution in [1.29, 1.82) is 0 Å². The maximum atomic E-state index is 13.2. The summed E-state index contributed by atoms with van der Waals surface area (Å²) in [7, 11) is -7.86. The molecule has 1 aliphatic rings. The topological polar surface area (TPSA) is 131 Å². The summed E-state index contributed by atoms with van der Waals surface area (Å²) < 4.78 is 61.6. The van der Waals surface area contributed by atoms with Gasteiger partial charge >= 0.3 is 0 Å². The number of morpholine rings is 1. The molecular weight excluding hydrogens is 538 g/mol. The highest BCUT2D eigenvalue weighted by atomic mass is 35.5. The summed E-state index contributed by atoms with van der Waals surface area (Å²) in [6.07, 6.45) is 0. The molecule has 1 aliphatic heterocycles. The van der Waals surface area contributed by atoms with Crippen molar-refractivity contribution in [3.8, 4) is 0 Å². The van der Waals surface area contributed by atoms with Gasteiger partial charge in [-0.15, -0.1) is 0 Å². The van der Waals surface area contributed by atoms with Gasteiger partial charge in [-0.3, -0.25) is 4.72 Å². The zero-order valence-electron chi connectivity index (χ0n) is 19.3. The maximum Gasteiger partial charge on any atom is 0.263 e. The summed E-state index contributed by atoms with van der Waals surface area (Å²) in [5.74, 6) is 0.0466. The number of aromatic nitrogens is 2. The van der Waals surface area contributed by atoms with Gasteiger partial charge in [0.25, 0.3) is 10.0 Å². The van der Waals surface area contributed by atoms with Gasteiger partial charge in [0.1, 0.15) is 4.90 Å². The van der Waals surface area contributed by atoms with Crippen molar-refractivity contribution in [2.24, 2.45) is 0 Å². The van der Waals surface area contributed by atoms with Crippen LogP contribution in [0.4, 0.5) is 17.3 Å². The Hall–Kier alpha value is -3.29. The first-order valence-corrected chi connectivity index (χ1v) is 14.5. The summed E-state index contributed by atoms with van der Waals surface area (Å²) in [5.41, 5.74) is 1.33. The molecule has 2 heterocycles. The van der Waals surface area contributed by atoms with Crippen molar-refractivity contribution in [1.82, 2.24) is 14.3 Å². The predicted octanol–water partition coefficient (Wildman–Crippen LogP) is 3.85. The van der Waals surface area contributed by atoms with E-state index in [9.17, 15) is 16.8 Å². The molecule has 13 heteroatoms. The van der Waals surface area contributed by atoms with E-state index in [2.05, 4.69) is 20.0 Å². The van der Waals surface area contributed by atoms with Crippen molar-refractivity contribution in [2.75, 3.05) is 36.3 Å². The number of nitrogens with zero attached hydrogens (tertiary/aromatic N) is 3. The van der Waals surface area contributed by atoms with Crippen LogP contribution in [0.3, 0.4) is 0 Å². The number of ether oxygens (including phenoxy) is 1. The fraction of sp³-hybridized carbons (Fsp3) is 0.167. The van der Waals surface area contributed by atoms with E-state index in [0.717, 1.165) is 0 Å². The van der Waals surface area contributed by atoms with Crippen LogP contribution in [0.15, 0.2) is 82.6 Å². The molecule has 0 unspecified atom stereocenters. The number of halogens is 1. The van der Waals surface area contributed by atoms with Gasteiger partial charge in [0.2, 0.25) is 10.0 Å². The van der Waals surface area contributed by atoms with Crippen LogP contribution in [0, 0.1) is 0 Å². The lowest BCUT2D eigenvalue weighted by Crippen LogP contribution is -2.40. The molecule has 3 aromatic carbocycles. The fourth-order valence-electron chi connectivity index (χ4n) is 3.79. The van der Waals surface area contributed by atoms with Gasteiger partial charge in [0, 0.05) is 18.8 Å². The fourth-order valence-corrected chi connectivity index (χ4v) is 6.72. The van der Waals surface area contributed by atoms with E-state index in [-0.39, 0.29) is 39.5 Å². The van der Waals surface area contributed by atoms with Crippen LogP contribution in [0.2, 0.25) is 5.02 Å². The zero-order chi connectivity index (χ0) is 26.0. The Morgan fingerprint density at radius 2 is 1.43 bits per heavy atom. The second kappa shape index (κ2) is 10.2. The van der Waals surface area contributed by atoms with Crippen LogP contribution in [0.25, 0.3) is 11.0 Å². The molecule has 0 saturated carbocycles. The lowest BCUT2D eigenvalue weighted by Gasteiger charge is -2.26. The van der Waals surface area contributed by atoms with E-state index in [1.54, 1.807) is 48.5 Å². The molecule has 1 saturated heterocycles. The quantitative estimate of drug-likeness (QED) is 0.349. The third-order valence-corrected chi connectivity index (χ3v) is 9.37. The van der Waals surface area contributed by atoms with Crippen LogP contribution in [0.1, 0.15) is 0 Å². The van der Waals surface area contributed by atoms with E-state index in [4.69, 9.17) is 16.3 Å². The first-order valence-electron chi connectivity index (χ1n) is 11.2. The monoisotopic (exact) mass is 559 g/mol. The van der Waals surface area contributed by atoms with Crippen LogP contribution in [0.5, 0.6) is 0 Å². The summed E-state index contributed by atoms with van der Waals surface area (Å²) in [6.45, 7) is 1.04. The minimum absolute atomic E-state index is 0.0462. The predicted molar refractivity (Wildman–Crippen MR) is 141 cm³/mol.